The van der Waals surface area contributed by atoms with Crippen molar-refractivity contribution in [1.82, 2.24) is 9.47 Å². The Kier molecular flexibility index (Phi) is 3.90. The second kappa shape index (κ2) is 6.04. The minimum absolute atomic E-state index is 0.481. The molecule has 0 radical (unpaired) electrons. The predicted molar refractivity (Wildman–Crippen MR) is 96.0 cm³/mol. The minimum atomic E-state index is 0.481. The number of rotatable bonds is 3. The molecule has 1 fully saturated rings. The van der Waals surface area contributed by atoms with Crippen LogP contribution in [0.5, 0.6) is 0 Å². The van der Waals surface area contributed by atoms with Gasteiger partial charge in [-0.1, -0.05) is 32.0 Å². The first-order valence-corrected chi connectivity index (χ1v) is 8.94. The van der Waals surface area contributed by atoms with Crippen LogP contribution in [0.3, 0.4) is 0 Å². The van der Waals surface area contributed by atoms with E-state index in [2.05, 4.69) is 70.8 Å². The fourth-order valence-corrected chi connectivity index (χ4v) is 4.01. The van der Waals surface area contributed by atoms with E-state index in [1.54, 1.807) is 0 Å². The first-order valence-electron chi connectivity index (χ1n) is 8.94. The van der Waals surface area contributed by atoms with Crippen LogP contribution in [0.15, 0.2) is 42.6 Å². The lowest BCUT2D eigenvalue weighted by Gasteiger charge is -2.42. The summed E-state index contributed by atoms with van der Waals surface area (Å²) < 4.78 is 2.44. The van der Waals surface area contributed by atoms with Crippen LogP contribution in [0.4, 0.5) is 5.69 Å². The third-order valence-corrected chi connectivity index (χ3v) is 5.33. The van der Waals surface area contributed by atoms with Gasteiger partial charge in [0.2, 0.25) is 0 Å². The second-order valence-electron chi connectivity index (χ2n) is 7.38. The van der Waals surface area contributed by atoms with Crippen molar-refractivity contribution in [2.24, 2.45) is 5.92 Å². The molecule has 23 heavy (non-hydrogen) atoms. The standard InChI is InChI=1S/C20H27N3/c1-16(2)9-11-21-12-13-23-18-7-4-3-6-17(18)14-22-10-5-8-19(22)20(23)15-21/h3-8,10,16,20H,9,11-15H2,1-2H3. The van der Waals surface area contributed by atoms with E-state index in [1.807, 2.05) is 0 Å². The molecule has 0 aliphatic carbocycles. The van der Waals surface area contributed by atoms with E-state index in [4.69, 9.17) is 0 Å². The molecule has 2 aliphatic rings. The summed E-state index contributed by atoms with van der Waals surface area (Å²) in [5.41, 5.74) is 4.35. The lowest BCUT2D eigenvalue weighted by Crippen LogP contribution is -2.49. The van der Waals surface area contributed by atoms with E-state index in [-0.39, 0.29) is 0 Å². The topological polar surface area (TPSA) is 11.4 Å². The fraction of sp³-hybridized carbons (Fsp3) is 0.500. The van der Waals surface area contributed by atoms with Gasteiger partial charge in [-0.25, -0.2) is 0 Å². The van der Waals surface area contributed by atoms with E-state index >= 15 is 0 Å². The van der Waals surface area contributed by atoms with Crippen LogP contribution in [0.1, 0.15) is 37.6 Å². The summed E-state index contributed by atoms with van der Waals surface area (Å²) in [4.78, 5) is 5.30. The molecular weight excluding hydrogens is 282 g/mol. The number of para-hydroxylation sites is 1. The number of piperazine rings is 1. The van der Waals surface area contributed by atoms with E-state index in [0.717, 1.165) is 25.6 Å². The van der Waals surface area contributed by atoms with E-state index < -0.39 is 0 Å². The summed E-state index contributed by atoms with van der Waals surface area (Å²) >= 11 is 0. The Bertz CT molecular complexity index is 673. The van der Waals surface area contributed by atoms with Crippen molar-refractivity contribution in [3.05, 3.63) is 53.9 Å². The number of benzene rings is 1. The van der Waals surface area contributed by atoms with Gasteiger partial charge >= 0.3 is 0 Å². The molecule has 0 spiro atoms. The van der Waals surface area contributed by atoms with Crippen LogP contribution in [0, 0.1) is 5.92 Å². The van der Waals surface area contributed by atoms with Crippen molar-refractivity contribution in [2.75, 3.05) is 31.1 Å². The molecule has 122 valence electrons. The molecule has 3 nitrogen and oxygen atoms in total. The number of fused-ring (bicyclic) bond motifs is 5. The average Bonchev–Trinajstić information content (AvgIpc) is 2.97. The SMILES string of the molecule is CC(C)CCN1CCN2c3ccccc3Cn3cccc3C2C1. The van der Waals surface area contributed by atoms with Gasteiger partial charge in [-0.05, 0) is 42.6 Å². The number of aromatic nitrogens is 1. The predicted octanol–water partition coefficient (Wildman–Crippen LogP) is 3.76. The number of anilines is 1. The van der Waals surface area contributed by atoms with Crippen LogP contribution in [-0.2, 0) is 6.54 Å². The lowest BCUT2D eigenvalue weighted by atomic mass is 10.0. The van der Waals surface area contributed by atoms with Gasteiger partial charge in [-0.15, -0.1) is 0 Å². The molecule has 2 aromatic rings. The van der Waals surface area contributed by atoms with Gasteiger partial charge in [0.05, 0.1) is 6.04 Å². The van der Waals surface area contributed by atoms with Crippen LogP contribution in [-0.4, -0.2) is 35.6 Å². The molecule has 1 atom stereocenters. The van der Waals surface area contributed by atoms with E-state index in [1.165, 1.54) is 36.5 Å². The molecule has 0 amide bonds. The molecule has 4 rings (SSSR count). The summed E-state index contributed by atoms with van der Waals surface area (Å²) in [6.07, 6.45) is 3.53. The Morgan fingerprint density at radius 1 is 1.09 bits per heavy atom. The van der Waals surface area contributed by atoms with Crippen molar-refractivity contribution < 1.29 is 0 Å². The molecule has 1 aromatic heterocycles. The summed E-state index contributed by atoms with van der Waals surface area (Å²) in [6.45, 7) is 10.3. The molecule has 3 heterocycles. The van der Waals surface area contributed by atoms with Gasteiger partial charge < -0.3 is 9.47 Å². The zero-order valence-corrected chi connectivity index (χ0v) is 14.3. The largest absolute Gasteiger partial charge is 0.360 e. The van der Waals surface area contributed by atoms with Crippen LogP contribution >= 0.6 is 0 Å². The maximum atomic E-state index is 2.66. The summed E-state index contributed by atoms with van der Waals surface area (Å²) in [7, 11) is 0. The highest BCUT2D eigenvalue weighted by molar-refractivity contribution is 5.57. The molecule has 1 aromatic carbocycles. The Balaban J connectivity index is 1.65. The number of hydrogen-bond acceptors (Lipinski definition) is 2. The third-order valence-electron chi connectivity index (χ3n) is 5.33. The van der Waals surface area contributed by atoms with Crippen LogP contribution in [0.2, 0.25) is 0 Å². The first kappa shape index (κ1) is 14.8. The highest BCUT2D eigenvalue weighted by Gasteiger charge is 2.33. The Labute approximate surface area is 139 Å². The van der Waals surface area contributed by atoms with Gasteiger partial charge in [0.25, 0.3) is 0 Å². The first-order chi connectivity index (χ1) is 11.2. The Hall–Kier alpha value is -1.74. The van der Waals surface area contributed by atoms with Gasteiger partial charge in [-0.2, -0.15) is 0 Å². The normalized spacial score (nSPS) is 20.8. The minimum Gasteiger partial charge on any atom is -0.360 e. The van der Waals surface area contributed by atoms with E-state index in [0.29, 0.717) is 6.04 Å². The Morgan fingerprint density at radius 2 is 1.96 bits per heavy atom. The molecule has 1 unspecified atom stereocenters. The monoisotopic (exact) mass is 309 g/mol. The van der Waals surface area contributed by atoms with E-state index in [9.17, 15) is 0 Å². The van der Waals surface area contributed by atoms with Crippen LogP contribution < -0.4 is 4.90 Å². The highest BCUT2D eigenvalue weighted by Crippen LogP contribution is 2.36. The van der Waals surface area contributed by atoms with Gasteiger partial charge in [0.15, 0.2) is 0 Å². The maximum absolute atomic E-state index is 2.66. The zero-order chi connectivity index (χ0) is 15.8. The lowest BCUT2D eigenvalue weighted by molar-refractivity contribution is 0.210. The van der Waals surface area contributed by atoms with Gasteiger partial charge in [0.1, 0.15) is 0 Å². The van der Waals surface area contributed by atoms with Gasteiger partial charge in [0, 0.05) is 43.8 Å². The van der Waals surface area contributed by atoms with Crippen molar-refractivity contribution in [3.8, 4) is 0 Å². The summed E-state index contributed by atoms with van der Waals surface area (Å²) in [5.74, 6) is 0.784. The highest BCUT2D eigenvalue weighted by atomic mass is 15.3. The number of hydrogen-bond donors (Lipinski definition) is 0. The fourth-order valence-electron chi connectivity index (χ4n) is 4.01. The Morgan fingerprint density at radius 3 is 2.83 bits per heavy atom. The maximum Gasteiger partial charge on any atom is 0.0821 e. The molecule has 3 heteroatoms. The van der Waals surface area contributed by atoms with Gasteiger partial charge in [-0.3, -0.25) is 4.90 Å². The molecule has 0 N–H and O–H groups in total. The smallest absolute Gasteiger partial charge is 0.0821 e. The van der Waals surface area contributed by atoms with Crippen molar-refractivity contribution in [1.29, 1.82) is 0 Å². The molecule has 0 saturated carbocycles. The van der Waals surface area contributed by atoms with Crippen molar-refractivity contribution in [2.45, 2.75) is 32.9 Å². The van der Waals surface area contributed by atoms with Crippen molar-refractivity contribution >= 4 is 5.69 Å². The quantitative estimate of drug-likeness (QED) is 0.855. The third kappa shape index (κ3) is 2.78. The molecular formula is C20H27N3. The molecule has 1 saturated heterocycles. The zero-order valence-electron chi connectivity index (χ0n) is 14.3. The van der Waals surface area contributed by atoms with Crippen LogP contribution in [0.25, 0.3) is 0 Å². The van der Waals surface area contributed by atoms with Crippen molar-refractivity contribution in [3.63, 3.8) is 0 Å². The second-order valence-corrected chi connectivity index (χ2v) is 7.38. The summed E-state index contributed by atoms with van der Waals surface area (Å²) in [6, 6.07) is 13.9. The molecule has 2 aliphatic heterocycles. The number of nitrogens with zero attached hydrogens (tertiary/aromatic N) is 3. The summed E-state index contributed by atoms with van der Waals surface area (Å²) in [5, 5.41) is 0. The molecule has 0 bridgehead atoms. The average molecular weight is 309 g/mol.